The summed E-state index contributed by atoms with van der Waals surface area (Å²) in [6.45, 7) is 13.7. The lowest BCUT2D eigenvalue weighted by Gasteiger charge is -2.34. The van der Waals surface area contributed by atoms with Crippen molar-refractivity contribution in [2.24, 2.45) is 0 Å². The second-order valence-electron chi connectivity index (χ2n) is 8.76. The van der Waals surface area contributed by atoms with Crippen LogP contribution >= 0.6 is 8.58 Å². The van der Waals surface area contributed by atoms with Gasteiger partial charge in [-0.15, -0.1) is 0 Å². The van der Waals surface area contributed by atoms with Crippen molar-refractivity contribution in [3.63, 3.8) is 0 Å². The molecule has 0 fully saturated rings. The summed E-state index contributed by atoms with van der Waals surface area (Å²) in [6.07, 6.45) is -3.77. The van der Waals surface area contributed by atoms with Crippen molar-refractivity contribution in [1.82, 2.24) is 0 Å². The van der Waals surface area contributed by atoms with Crippen LogP contribution in [-0.4, -0.2) is 5.11 Å². The summed E-state index contributed by atoms with van der Waals surface area (Å²) in [7, 11) is -0.110. The quantitative estimate of drug-likeness (QED) is 0.541. The van der Waals surface area contributed by atoms with E-state index >= 15 is 0 Å². The number of phenols is 1. The van der Waals surface area contributed by atoms with E-state index in [1.54, 1.807) is 13.0 Å². The molecule has 2 aromatic rings. The Labute approximate surface area is 168 Å². The first-order valence-electron chi connectivity index (χ1n) is 9.50. The highest BCUT2D eigenvalue weighted by Crippen LogP contribution is 2.51. The van der Waals surface area contributed by atoms with Gasteiger partial charge in [-0.3, -0.25) is 0 Å². The van der Waals surface area contributed by atoms with Crippen molar-refractivity contribution in [3.8, 4) is 5.75 Å². The topological polar surface area (TPSA) is 20.2 Å². The lowest BCUT2D eigenvalue weighted by molar-refractivity contribution is -0.136. The Bertz CT molecular complexity index is 865. The Morgan fingerprint density at radius 2 is 1.50 bits per heavy atom. The largest absolute Gasteiger partial charge is 0.507 e. The third-order valence-corrected chi connectivity index (χ3v) is 7.43. The molecule has 5 heteroatoms. The maximum atomic E-state index is 13.6. The Morgan fingerprint density at radius 1 is 0.929 bits per heavy atom. The van der Waals surface area contributed by atoms with Crippen LogP contribution in [0.25, 0.3) is 0 Å². The summed E-state index contributed by atoms with van der Waals surface area (Å²) >= 11 is 0. The average Bonchev–Trinajstić information content (AvgIpc) is 2.56. The minimum Gasteiger partial charge on any atom is -0.507 e. The van der Waals surface area contributed by atoms with Crippen molar-refractivity contribution >= 4 is 13.9 Å². The molecular formula is C23H30F3OP. The number of hydrogen-bond donors (Lipinski definition) is 1. The second-order valence-corrected chi connectivity index (χ2v) is 10.6. The fourth-order valence-electron chi connectivity index (χ4n) is 3.46. The van der Waals surface area contributed by atoms with Gasteiger partial charge in [0.15, 0.2) is 0 Å². The standard InChI is InChI=1S/C23H30F3OP/c1-8-22(7,18-13-14(2)12-17(19(18)27)21(4,5)6)28-20-15(3)10-9-11-16(20)23(24,25)26/h9-13,27-28H,8H2,1-7H3. The van der Waals surface area contributed by atoms with E-state index in [4.69, 9.17) is 0 Å². The molecule has 0 aliphatic carbocycles. The van der Waals surface area contributed by atoms with Gasteiger partial charge >= 0.3 is 6.18 Å². The zero-order valence-electron chi connectivity index (χ0n) is 17.7. The molecule has 0 amide bonds. The fraction of sp³-hybridized carbons (Fsp3) is 0.478. The molecule has 1 N–H and O–H groups in total. The lowest BCUT2D eigenvalue weighted by Crippen LogP contribution is -2.25. The molecule has 154 valence electrons. The number of phenolic OH excluding ortho intramolecular Hbond substituents is 1. The molecule has 2 rings (SSSR count). The second kappa shape index (κ2) is 7.71. The third-order valence-electron chi connectivity index (χ3n) is 5.34. The predicted octanol–water partition coefficient (Wildman–Crippen LogP) is 6.95. The molecule has 2 unspecified atom stereocenters. The molecule has 28 heavy (non-hydrogen) atoms. The minimum atomic E-state index is -4.39. The van der Waals surface area contributed by atoms with Crippen molar-refractivity contribution in [2.45, 2.75) is 71.6 Å². The van der Waals surface area contributed by atoms with Crippen LogP contribution in [0.5, 0.6) is 5.75 Å². The van der Waals surface area contributed by atoms with Crippen LogP contribution in [0, 0.1) is 13.8 Å². The van der Waals surface area contributed by atoms with Crippen LogP contribution in [-0.2, 0) is 16.7 Å². The van der Waals surface area contributed by atoms with Crippen molar-refractivity contribution in [1.29, 1.82) is 0 Å². The van der Waals surface area contributed by atoms with Crippen LogP contribution in [0.1, 0.15) is 68.9 Å². The van der Waals surface area contributed by atoms with E-state index in [2.05, 4.69) is 0 Å². The van der Waals surface area contributed by atoms with E-state index in [-0.39, 0.29) is 19.7 Å². The first kappa shape index (κ1) is 22.7. The van der Waals surface area contributed by atoms with Gasteiger partial charge in [0, 0.05) is 10.7 Å². The smallest absolute Gasteiger partial charge is 0.417 e. The van der Waals surface area contributed by atoms with Gasteiger partial charge in [-0.05, 0) is 48.2 Å². The number of alkyl halides is 3. The summed E-state index contributed by atoms with van der Waals surface area (Å²) in [5, 5.41) is 10.8. The van der Waals surface area contributed by atoms with Crippen molar-refractivity contribution in [3.05, 3.63) is 58.1 Å². The van der Waals surface area contributed by atoms with Crippen LogP contribution in [0.15, 0.2) is 30.3 Å². The highest BCUT2D eigenvalue weighted by atomic mass is 31.1. The van der Waals surface area contributed by atoms with Gasteiger partial charge in [-0.25, -0.2) is 0 Å². The average molecular weight is 410 g/mol. The molecule has 0 radical (unpaired) electrons. The van der Waals surface area contributed by atoms with E-state index in [1.807, 2.05) is 53.7 Å². The highest BCUT2D eigenvalue weighted by Gasteiger charge is 2.38. The zero-order valence-corrected chi connectivity index (χ0v) is 18.7. The number of hydrogen-bond acceptors (Lipinski definition) is 1. The van der Waals surface area contributed by atoms with Gasteiger partial charge in [-0.1, -0.05) is 73.0 Å². The summed E-state index contributed by atoms with van der Waals surface area (Å²) in [6, 6.07) is 8.23. The molecule has 0 saturated carbocycles. The van der Waals surface area contributed by atoms with E-state index in [9.17, 15) is 18.3 Å². The number of aromatic hydroxyl groups is 1. The molecule has 0 saturated heterocycles. The number of benzene rings is 2. The third kappa shape index (κ3) is 4.54. The fourth-order valence-corrected chi connectivity index (χ4v) is 5.16. The summed E-state index contributed by atoms with van der Waals surface area (Å²) in [5.74, 6) is 0.206. The zero-order chi connectivity index (χ0) is 21.5. The predicted molar refractivity (Wildman–Crippen MR) is 113 cm³/mol. The van der Waals surface area contributed by atoms with Crippen LogP contribution < -0.4 is 5.30 Å². The molecule has 0 bridgehead atoms. The van der Waals surface area contributed by atoms with Gasteiger partial charge in [0.05, 0.1) is 5.56 Å². The lowest BCUT2D eigenvalue weighted by atomic mass is 9.82. The number of halogens is 3. The van der Waals surface area contributed by atoms with Crippen LogP contribution in [0.2, 0.25) is 0 Å². The summed E-state index contributed by atoms with van der Waals surface area (Å²) in [4.78, 5) is 0. The maximum Gasteiger partial charge on any atom is 0.417 e. The van der Waals surface area contributed by atoms with Gasteiger partial charge in [0.1, 0.15) is 5.75 Å². The van der Waals surface area contributed by atoms with Crippen molar-refractivity contribution in [2.75, 3.05) is 0 Å². The molecule has 0 aliphatic rings. The maximum absolute atomic E-state index is 13.6. The Morgan fingerprint density at radius 3 is 2.00 bits per heavy atom. The first-order chi connectivity index (χ1) is 12.7. The first-order valence-corrected chi connectivity index (χ1v) is 10.5. The number of aryl methyl sites for hydroxylation is 2. The van der Waals surface area contributed by atoms with E-state index < -0.39 is 16.9 Å². The van der Waals surface area contributed by atoms with Crippen LogP contribution in [0.4, 0.5) is 13.2 Å². The summed E-state index contributed by atoms with van der Waals surface area (Å²) in [5.41, 5.74) is 2.36. The molecule has 2 atom stereocenters. The normalized spacial score (nSPS) is 15.2. The minimum absolute atomic E-state index is 0.110. The van der Waals surface area contributed by atoms with Gasteiger partial charge < -0.3 is 5.11 Å². The van der Waals surface area contributed by atoms with E-state index in [1.165, 1.54) is 6.07 Å². The monoisotopic (exact) mass is 410 g/mol. The molecule has 1 nitrogen and oxygen atoms in total. The van der Waals surface area contributed by atoms with E-state index in [0.29, 0.717) is 17.3 Å². The highest BCUT2D eigenvalue weighted by molar-refractivity contribution is 7.48. The van der Waals surface area contributed by atoms with Crippen LogP contribution in [0.3, 0.4) is 0 Å². The summed E-state index contributed by atoms with van der Waals surface area (Å²) < 4.78 is 40.9. The molecule has 0 spiro atoms. The molecule has 0 aliphatic heterocycles. The Balaban J connectivity index is 2.68. The molecular weight excluding hydrogens is 380 g/mol. The Hall–Kier alpha value is -1.54. The van der Waals surface area contributed by atoms with Gasteiger partial charge in [0.2, 0.25) is 0 Å². The van der Waals surface area contributed by atoms with Crippen molar-refractivity contribution < 1.29 is 18.3 Å². The molecule has 2 aromatic carbocycles. The molecule has 0 heterocycles. The van der Waals surface area contributed by atoms with Gasteiger partial charge in [0.25, 0.3) is 0 Å². The molecule has 0 aromatic heterocycles. The van der Waals surface area contributed by atoms with E-state index in [0.717, 1.165) is 22.8 Å². The SMILES string of the molecule is CCC(C)(Pc1c(C)cccc1C(F)(F)F)c1cc(C)cc(C(C)(C)C)c1O. The Kier molecular flexibility index (Phi) is 6.26. The number of rotatable bonds is 4. The van der Waals surface area contributed by atoms with Gasteiger partial charge in [-0.2, -0.15) is 13.2 Å².